The van der Waals surface area contributed by atoms with E-state index in [-0.39, 0.29) is 6.61 Å². The first-order chi connectivity index (χ1) is 6.33. The maximum atomic E-state index is 8.98. The SMILES string of the molecule is COc1c(CO)cccc1CNO. The molecule has 0 heterocycles. The number of ether oxygens (including phenoxy) is 1. The maximum Gasteiger partial charge on any atom is 0.128 e. The van der Waals surface area contributed by atoms with Crippen LogP contribution in [0.4, 0.5) is 0 Å². The first-order valence-corrected chi connectivity index (χ1v) is 3.96. The fourth-order valence-corrected chi connectivity index (χ4v) is 1.25. The van der Waals surface area contributed by atoms with Crippen LogP contribution in [0.1, 0.15) is 11.1 Å². The lowest BCUT2D eigenvalue weighted by atomic mass is 10.1. The summed E-state index contributed by atoms with van der Waals surface area (Å²) in [7, 11) is 1.54. The molecule has 4 heteroatoms. The Hall–Kier alpha value is -1.10. The standard InChI is InChI=1S/C9H13NO3/c1-13-9-7(5-10-12)3-2-4-8(9)6-11/h2-4,10-12H,5-6H2,1H3. The number of benzene rings is 1. The van der Waals surface area contributed by atoms with Crippen molar-refractivity contribution in [1.82, 2.24) is 5.48 Å². The van der Waals surface area contributed by atoms with Crippen molar-refractivity contribution in [3.05, 3.63) is 29.3 Å². The van der Waals surface area contributed by atoms with E-state index in [2.05, 4.69) is 0 Å². The molecule has 0 unspecified atom stereocenters. The first-order valence-electron chi connectivity index (χ1n) is 3.96. The quantitative estimate of drug-likeness (QED) is 0.600. The maximum absolute atomic E-state index is 8.98. The number of para-hydroxylation sites is 1. The van der Waals surface area contributed by atoms with Crippen molar-refractivity contribution < 1.29 is 15.1 Å². The average Bonchev–Trinajstić information content (AvgIpc) is 2.18. The van der Waals surface area contributed by atoms with Crippen LogP contribution in [0, 0.1) is 0 Å². The molecule has 0 aliphatic carbocycles. The lowest BCUT2D eigenvalue weighted by molar-refractivity contribution is 0.160. The molecule has 0 aliphatic rings. The largest absolute Gasteiger partial charge is 0.496 e. The van der Waals surface area contributed by atoms with Crippen LogP contribution >= 0.6 is 0 Å². The van der Waals surface area contributed by atoms with Gasteiger partial charge in [0.05, 0.1) is 13.7 Å². The van der Waals surface area contributed by atoms with Crippen molar-refractivity contribution in [1.29, 1.82) is 0 Å². The Balaban J connectivity index is 3.03. The normalized spacial score (nSPS) is 10.1. The topological polar surface area (TPSA) is 61.7 Å². The third-order valence-corrected chi connectivity index (χ3v) is 1.82. The molecule has 0 atom stereocenters. The van der Waals surface area contributed by atoms with Crippen molar-refractivity contribution in [3.8, 4) is 5.75 Å². The lowest BCUT2D eigenvalue weighted by Crippen LogP contribution is -2.08. The van der Waals surface area contributed by atoms with Crippen LogP contribution in [-0.2, 0) is 13.2 Å². The van der Waals surface area contributed by atoms with Crippen LogP contribution in [-0.4, -0.2) is 17.4 Å². The summed E-state index contributed by atoms with van der Waals surface area (Å²) in [4.78, 5) is 0. The number of hydrogen-bond donors (Lipinski definition) is 3. The van der Waals surface area contributed by atoms with Gasteiger partial charge in [-0.1, -0.05) is 18.2 Å². The predicted molar refractivity (Wildman–Crippen MR) is 47.5 cm³/mol. The number of aliphatic hydroxyl groups excluding tert-OH is 1. The first kappa shape index (κ1) is 9.98. The van der Waals surface area contributed by atoms with Gasteiger partial charge in [0.15, 0.2) is 0 Å². The summed E-state index contributed by atoms with van der Waals surface area (Å²) in [5.41, 5.74) is 3.58. The van der Waals surface area contributed by atoms with Gasteiger partial charge < -0.3 is 15.1 Å². The summed E-state index contributed by atoms with van der Waals surface area (Å²) >= 11 is 0. The Morgan fingerprint density at radius 1 is 1.38 bits per heavy atom. The Kier molecular flexibility index (Phi) is 3.70. The Labute approximate surface area is 76.7 Å². The number of nitrogens with one attached hydrogen (secondary N) is 1. The fraction of sp³-hybridized carbons (Fsp3) is 0.333. The molecule has 0 spiro atoms. The van der Waals surface area contributed by atoms with Crippen LogP contribution in [0.15, 0.2) is 18.2 Å². The molecule has 0 radical (unpaired) electrons. The van der Waals surface area contributed by atoms with E-state index in [1.165, 1.54) is 7.11 Å². The molecule has 0 amide bonds. The highest BCUT2D eigenvalue weighted by Gasteiger charge is 2.06. The highest BCUT2D eigenvalue weighted by Crippen LogP contribution is 2.23. The van der Waals surface area contributed by atoms with E-state index in [0.717, 1.165) is 11.1 Å². The molecular formula is C9H13NO3. The summed E-state index contributed by atoms with van der Waals surface area (Å²) in [6.45, 7) is 0.236. The summed E-state index contributed by atoms with van der Waals surface area (Å²) in [6, 6.07) is 5.40. The van der Waals surface area contributed by atoms with Crippen molar-refractivity contribution in [2.75, 3.05) is 7.11 Å². The van der Waals surface area contributed by atoms with E-state index >= 15 is 0 Å². The lowest BCUT2D eigenvalue weighted by Gasteiger charge is -2.10. The van der Waals surface area contributed by atoms with Crippen LogP contribution in [0.3, 0.4) is 0 Å². The minimum atomic E-state index is -0.0670. The van der Waals surface area contributed by atoms with E-state index < -0.39 is 0 Å². The van der Waals surface area contributed by atoms with Gasteiger partial charge >= 0.3 is 0 Å². The minimum absolute atomic E-state index is 0.0670. The molecule has 3 N–H and O–H groups in total. The Morgan fingerprint density at radius 3 is 2.62 bits per heavy atom. The van der Waals surface area contributed by atoms with E-state index in [9.17, 15) is 0 Å². The van der Waals surface area contributed by atoms with Gasteiger partial charge in [0.25, 0.3) is 0 Å². The van der Waals surface area contributed by atoms with Gasteiger partial charge in [0.2, 0.25) is 0 Å². The molecule has 4 nitrogen and oxygen atoms in total. The highest BCUT2D eigenvalue weighted by atomic mass is 16.5. The van der Waals surface area contributed by atoms with Gasteiger partial charge in [-0.15, -0.1) is 0 Å². The van der Waals surface area contributed by atoms with Gasteiger partial charge in [0.1, 0.15) is 5.75 Å². The summed E-state index contributed by atoms with van der Waals surface area (Å²) < 4.78 is 5.11. The summed E-state index contributed by atoms with van der Waals surface area (Å²) in [5.74, 6) is 0.617. The van der Waals surface area contributed by atoms with Crippen molar-refractivity contribution in [2.45, 2.75) is 13.2 Å². The number of hydrogen-bond acceptors (Lipinski definition) is 4. The van der Waals surface area contributed by atoms with Crippen molar-refractivity contribution in [2.24, 2.45) is 0 Å². The molecule has 0 saturated heterocycles. The number of hydroxylamine groups is 1. The minimum Gasteiger partial charge on any atom is -0.496 e. The van der Waals surface area contributed by atoms with Gasteiger partial charge in [-0.2, -0.15) is 0 Å². The average molecular weight is 183 g/mol. The van der Waals surface area contributed by atoms with E-state index in [4.69, 9.17) is 15.1 Å². The molecule has 0 saturated carbocycles. The summed E-state index contributed by atoms with van der Waals surface area (Å²) in [5, 5.41) is 17.5. The van der Waals surface area contributed by atoms with E-state index in [1.807, 2.05) is 11.5 Å². The van der Waals surface area contributed by atoms with Gasteiger partial charge in [0, 0.05) is 17.7 Å². The molecule has 0 fully saturated rings. The van der Waals surface area contributed by atoms with Gasteiger partial charge in [-0.25, -0.2) is 5.48 Å². The van der Waals surface area contributed by atoms with Gasteiger partial charge in [-0.3, -0.25) is 0 Å². The third kappa shape index (κ3) is 2.18. The second-order valence-corrected chi connectivity index (χ2v) is 2.60. The summed E-state index contributed by atoms with van der Waals surface area (Å²) in [6.07, 6.45) is 0. The number of aliphatic hydroxyl groups is 1. The van der Waals surface area contributed by atoms with Crippen LogP contribution in [0.25, 0.3) is 0 Å². The Bertz CT molecular complexity index is 276. The smallest absolute Gasteiger partial charge is 0.128 e. The third-order valence-electron chi connectivity index (χ3n) is 1.82. The van der Waals surface area contributed by atoms with Crippen LogP contribution in [0.5, 0.6) is 5.75 Å². The van der Waals surface area contributed by atoms with E-state index in [0.29, 0.717) is 12.3 Å². The van der Waals surface area contributed by atoms with Crippen LogP contribution in [0.2, 0.25) is 0 Å². The number of rotatable bonds is 4. The van der Waals surface area contributed by atoms with Gasteiger partial charge in [-0.05, 0) is 0 Å². The van der Waals surface area contributed by atoms with Crippen molar-refractivity contribution >= 4 is 0 Å². The fourth-order valence-electron chi connectivity index (χ4n) is 1.25. The van der Waals surface area contributed by atoms with Crippen molar-refractivity contribution in [3.63, 3.8) is 0 Å². The highest BCUT2D eigenvalue weighted by molar-refractivity contribution is 5.41. The number of methoxy groups -OCH3 is 1. The zero-order chi connectivity index (χ0) is 9.68. The second kappa shape index (κ2) is 4.81. The molecule has 0 aromatic heterocycles. The second-order valence-electron chi connectivity index (χ2n) is 2.60. The zero-order valence-electron chi connectivity index (χ0n) is 7.45. The monoisotopic (exact) mass is 183 g/mol. The molecule has 1 rings (SSSR count). The van der Waals surface area contributed by atoms with Crippen LogP contribution < -0.4 is 10.2 Å². The molecule has 13 heavy (non-hydrogen) atoms. The molecule has 72 valence electrons. The zero-order valence-corrected chi connectivity index (χ0v) is 7.45. The Morgan fingerprint density at radius 2 is 2.08 bits per heavy atom. The molecular weight excluding hydrogens is 170 g/mol. The molecule has 0 bridgehead atoms. The molecule has 1 aromatic carbocycles. The molecule has 0 aliphatic heterocycles. The molecule has 1 aromatic rings. The predicted octanol–water partition coefficient (Wildman–Crippen LogP) is 0.666. The van der Waals surface area contributed by atoms with E-state index in [1.54, 1.807) is 12.1 Å².